The van der Waals surface area contributed by atoms with Crippen LogP contribution < -0.4 is 4.90 Å². The van der Waals surface area contributed by atoms with Gasteiger partial charge in [-0.05, 0) is 41.3 Å². The van der Waals surface area contributed by atoms with E-state index in [-0.39, 0.29) is 11.8 Å². The lowest BCUT2D eigenvalue weighted by atomic mass is 9.90. The lowest BCUT2D eigenvalue weighted by molar-refractivity contribution is -0.131. The fourth-order valence-electron chi connectivity index (χ4n) is 4.46. The first-order valence-electron chi connectivity index (χ1n) is 11.2. The fraction of sp³-hybridized carbons (Fsp3) is 0.417. The Morgan fingerprint density at radius 3 is 2.88 bits per heavy atom. The minimum Gasteiger partial charge on any atom is -0.378 e. The molecule has 5 heterocycles. The monoisotopic (exact) mass is 449 g/mol. The molecule has 1 atom stereocenters. The first-order chi connectivity index (χ1) is 15.8. The number of ether oxygens (including phenoxy) is 1. The van der Waals surface area contributed by atoms with Gasteiger partial charge in [-0.3, -0.25) is 9.78 Å². The summed E-state index contributed by atoms with van der Waals surface area (Å²) < 4.78 is 5.50. The summed E-state index contributed by atoms with van der Waals surface area (Å²) in [5.41, 5.74) is 4.13. The molecule has 1 unspecified atom stereocenters. The Labute approximate surface area is 192 Å². The maximum Gasteiger partial charge on any atom is 0.227 e. The van der Waals surface area contributed by atoms with E-state index < -0.39 is 0 Å². The number of pyridine rings is 1. The van der Waals surface area contributed by atoms with Gasteiger partial charge in [-0.1, -0.05) is 6.07 Å². The Kier molecular flexibility index (Phi) is 6.41. The van der Waals surface area contributed by atoms with Crippen LogP contribution in [0, 0.1) is 0 Å². The van der Waals surface area contributed by atoms with Crippen LogP contribution in [-0.2, 0) is 16.0 Å². The van der Waals surface area contributed by atoms with Crippen LogP contribution in [0.25, 0.3) is 11.1 Å². The number of carbonyl (C=O) groups is 1. The third-order valence-corrected chi connectivity index (χ3v) is 6.90. The number of carbonyl (C=O) groups excluding carboxylic acids is 1. The second-order valence-corrected chi connectivity index (χ2v) is 9.08. The topological polar surface area (TPSA) is 71.5 Å². The van der Waals surface area contributed by atoms with Crippen molar-refractivity contribution in [2.45, 2.75) is 25.2 Å². The zero-order valence-corrected chi connectivity index (χ0v) is 18.8. The minimum absolute atomic E-state index is 0.174. The molecule has 2 aliphatic rings. The van der Waals surface area contributed by atoms with E-state index in [1.165, 1.54) is 0 Å². The number of morpholine rings is 1. The van der Waals surface area contributed by atoms with E-state index in [0.29, 0.717) is 26.2 Å². The molecule has 0 spiro atoms. The average molecular weight is 450 g/mol. The van der Waals surface area contributed by atoms with Crippen molar-refractivity contribution < 1.29 is 9.53 Å². The summed E-state index contributed by atoms with van der Waals surface area (Å²) in [5.74, 6) is 1.12. The lowest BCUT2D eigenvalue weighted by Crippen LogP contribution is -2.40. The number of thiophene rings is 1. The molecule has 5 rings (SSSR count). The summed E-state index contributed by atoms with van der Waals surface area (Å²) in [7, 11) is 0. The summed E-state index contributed by atoms with van der Waals surface area (Å²) in [6.07, 6.45) is 8.01. The van der Waals surface area contributed by atoms with E-state index in [4.69, 9.17) is 14.7 Å². The predicted octanol–water partition coefficient (Wildman–Crippen LogP) is 3.39. The average Bonchev–Trinajstić information content (AvgIpc) is 3.38. The van der Waals surface area contributed by atoms with Crippen molar-refractivity contribution in [1.29, 1.82) is 0 Å². The molecule has 0 N–H and O–H groups in total. The molecule has 7 nitrogen and oxygen atoms in total. The van der Waals surface area contributed by atoms with E-state index in [2.05, 4.69) is 15.3 Å². The van der Waals surface area contributed by atoms with Crippen LogP contribution in [0.1, 0.15) is 30.0 Å². The Hall–Kier alpha value is -2.84. The normalized spacial score (nSPS) is 19.2. The number of likely N-dealkylation sites (tertiary alicyclic amines) is 1. The van der Waals surface area contributed by atoms with Gasteiger partial charge in [-0.25, -0.2) is 9.97 Å². The quantitative estimate of drug-likeness (QED) is 0.595. The van der Waals surface area contributed by atoms with E-state index in [0.717, 1.165) is 60.8 Å². The van der Waals surface area contributed by atoms with Crippen molar-refractivity contribution in [2.75, 3.05) is 44.3 Å². The zero-order valence-electron chi connectivity index (χ0n) is 18.0. The van der Waals surface area contributed by atoms with Crippen LogP contribution in [0.2, 0.25) is 0 Å². The highest BCUT2D eigenvalue weighted by molar-refractivity contribution is 7.08. The van der Waals surface area contributed by atoms with Crippen LogP contribution in [0.15, 0.2) is 47.5 Å². The molecular weight excluding hydrogens is 422 g/mol. The van der Waals surface area contributed by atoms with Gasteiger partial charge in [-0.15, -0.1) is 0 Å². The second-order valence-electron chi connectivity index (χ2n) is 8.30. The number of anilines is 1. The maximum atomic E-state index is 13.0. The molecule has 1 amide bonds. The molecule has 8 heteroatoms. The van der Waals surface area contributed by atoms with E-state index in [1.54, 1.807) is 17.5 Å². The predicted molar refractivity (Wildman–Crippen MR) is 125 cm³/mol. The van der Waals surface area contributed by atoms with Gasteiger partial charge in [0.05, 0.1) is 25.3 Å². The van der Waals surface area contributed by atoms with Crippen LogP contribution in [0.5, 0.6) is 0 Å². The molecule has 166 valence electrons. The number of hydrogen-bond acceptors (Lipinski definition) is 7. The third kappa shape index (κ3) is 4.66. The standard InChI is InChI=1S/C24H27N5O2S/c30-22(13-18-5-12-32-17-18)29-7-2-4-20(16-29)23-21(19-3-1-6-25-14-19)15-26-24(27-23)28-8-10-31-11-9-28/h1,3,5-6,12,14-15,17,20H,2,4,7-11,13,16H2. The summed E-state index contributed by atoms with van der Waals surface area (Å²) in [6, 6.07) is 6.02. The van der Waals surface area contributed by atoms with E-state index in [9.17, 15) is 4.79 Å². The first-order valence-corrected chi connectivity index (χ1v) is 12.1. The molecule has 0 aromatic carbocycles. The molecule has 2 aliphatic heterocycles. The van der Waals surface area contributed by atoms with Gasteiger partial charge in [-0.2, -0.15) is 11.3 Å². The SMILES string of the molecule is O=C(Cc1ccsc1)N1CCCC(c2nc(N3CCOCC3)ncc2-c2cccnc2)C1. The largest absolute Gasteiger partial charge is 0.378 e. The van der Waals surface area contributed by atoms with Crippen molar-refractivity contribution >= 4 is 23.2 Å². The zero-order chi connectivity index (χ0) is 21.8. The molecule has 3 aromatic rings. The first kappa shape index (κ1) is 21.0. The van der Waals surface area contributed by atoms with E-state index in [1.807, 2.05) is 40.9 Å². The summed E-state index contributed by atoms with van der Waals surface area (Å²) in [6.45, 7) is 4.47. The lowest BCUT2D eigenvalue weighted by Gasteiger charge is -2.34. The molecule has 0 aliphatic carbocycles. The van der Waals surface area contributed by atoms with Gasteiger partial charge in [0.2, 0.25) is 11.9 Å². The smallest absolute Gasteiger partial charge is 0.227 e. The Balaban J connectivity index is 1.43. The molecular formula is C24H27N5O2S. The van der Waals surface area contributed by atoms with Gasteiger partial charge < -0.3 is 14.5 Å². The number of nitrogens with zero attached hydrogens (tertiary/aromatic N) is 5. The Morgan fingerprint density at radius 2 is 2.09 bits per heavy atom. The number of rotatable bonds is 5. The number of aromatic nitrogens is 3. The van der Waals surface area contributed by atoms with Crippen LogP contribution in [0.4, 0.5) is 5.95 Å². The molecule has 0 radical (unpaired) electrons. The molecule has 2 saturated heterocycles. The highest BCUT2D eigenvalue weighted by atomic mass is 32.1. The van der Waals surface area contributed by atoms with Gasteiger partial charge in [0.15, 0.2) is 0 Å². The van der Waals surface area contributed by atoms with Crippen molar-refractivity contribution in [3.8, 4) is 11.1 Å². The van der Waals surface area contributed by atoms with Gasteiger partial charge in [0.25, 0.3) is 0 Å². The number of amides is 1. The molecule has 0 saturated carbocycles. The minimum atomic E-state index is 0.174. The van der Waals surface area contributed by atoms with Crippen molar-refractivity contribution in [3.05, 3.63) is 58.8 Å². The van der Waals surface area contributed by atoms with Crippen LogP contribution >= 0.6 is 11.3 Å². The highest BCUT2D eigenvalue weighted by Crippen LogP contribution is 2.34. The van der Waals surface area contributed by atoms with Gasteiger partial charge in [0.1, 0.15) is 0 Å². The molecule has 0 bridgehead atoms. The van der Waals surface area contributed by atoms with Gasteiger partial charge in [0, 0.05) is 61.8 Å². The van der Waals surface area contributed by atoms with E-state index >= 15 is 0 Å². The highest BCUT2D eigenvalue weighted by Gasteiger charge is 2.29. The Morgan fingerprint density at radius 1 is 1.19 bits per heavy atom. The van der Waals surface area contributed by atoms with Crippen LogP contribution in [-0.4, -0.2) is 65.2 Å². The second kappa shape index (κ2) is 9.75. The summed E-state index contributed by atoms with van der Waals surface area (Å²) in [4.78, 5) is 31.2. The van der Waals surface area contributed by atoms with Crippen molar-refractivity contribution in [1.82, 2.24) is 19.9 Å². The number of hydrogen-bond donors (Lipinski definition) is 0. The van der Waals surface area contributed by atoms with Crippen LogP contribution in [0.3, 0.4) is 0 Å². The molecule has 32 heavy (non-hydrogen) atoms. The third-order valence-electron chi connectivity index (χ3n) is 6.17. The summed E-state index contributed by atoms with van der Waals surface area (Å²) >= 11 is 1.63. The molecule has 2 fully saturated rings. The van der Waals surface area contributed by atoms with Gasteiger partial charge >= 0.3 is 0 Å². The maximum absolute atomic E-state index is 13.0. The summed E-state index contributed by atoms with van der Waals surface area (Å²) in [5, 5.41) is 4.08. The van der Waals surface area contributed by atoms with Crippen molar-refractivity contribution in [3.63, 3.8) is 0 Å². The molecule has 3 aromatic heterocycles. The number of piperidine rings is 1. The Bertz CT molecular complexity index is 1040. The fourth-order valence-corrected chi connectivity index (χ4v) is 5.13. The van der Waals surface area contributed by atoms with Crippen molar-refractivity contribution in [2.24, 2.45) is 0 Å².